The predicted molar refractivity (Wildman–Crippen MR) is 80.5 cm³/mol. The van der Waals surface area contributed by atoms with E-state index in [-0.39, 0.29) is 24.4 Å². The van der Waals surface area contributed by atoms with Gasteiger partial charge in [-0.1, -0.05) is 12.1 Å². The standard InChI is InChI=1S/C14H22N2O2.ClH/c1-3-18-10-12-5-4-6-13(9-12)16-14(17)8-7-11(2)15;/h4-6,9,11H,3,7-8,10,15H2,1-2H3,(H,16,17);1H. The molecule has 19 heavy (non-hydrogen) atoms. The second kappa shape index (κ2) is 9.78. The summed E-state index contributed by atoms with van der Waals surface area (Å²) in [7, 11) is 0. The molecular weight excluding hydrogens is 264 g/mol. The smallest absolute Gasteiger partial charge is 0.224 e. The van der Waals surface area contributed by atoms with Gasteiger partial charge in [-0.25, -0.2) is 0 Å². The predicted octanol–water partition coefficient (Wildman–Crippen LogP) is 2.71. The number of ether oxygens (including phenoxy) is 1. The molecule has 1 aromatic carbocycles. The molecular formula is C14H23ClN2O2. The van der Waals surface area contributed by atoms with Gasteiger partial charge in [0.15, 0.2) is 0 Å². The minimum atomic E-state index is 0. The molecule has 4 nitrogen and oxygen atoms in total. The van der Waals surface area contributed by atoms with Crippen LogP contribution in [-0.4, -0.2) is 18.6 Å². The van der Waals surface area contributed by atoms with Crippen molar-refractivity contribution < 1.29 is 9.53 Å². The Balaban J connectivity index is 0.00000324. The Kier molecular flexibility index (Phi) is 9.21. The summed E-state index contributed by atoms with van der Waals surface area (Å²) >= 11 is 0. The number of carbonyl (C=O) groups is 1. The number of hydrogen-bond donors (Lipinski definition) is 2. The van der Waals surface area contributed by atoms with E-state index in [4.69, 9.17) is 10.5 Å². The van der Waals surface area contributed by atoms with E-state index in [2.05, 4.69) is 5.32 Å². The molecule has 1 atom stereocenters. The Morgan fingerprint density at radius 1 is 1.47 bits per heavy atom. The van der Waals surface area contributed by atoms with E-state index in [0.29, 0.717) is 26.1 Å². The van der Waals surface area contributed by atoms with Crippen molar-refractivity contribution in [2.45, 2.75) is 39.3 Å². The highest BCUT2D eigenvalue weighted by Crippen LogP contribution is 2.12. The Morgan fingerprint density at radius 2 is 2.21 bits per heavy atom. The largest absolute Gasteiger partial charge is 0.377 e. The van der Waals surface area contributed by atoms with E-state index in [1.165, 1.54) is 0 Å². The van der Waals surface area contributed by atoms with Crippen LogP contribution in [0.4, 0.5) is 5.69 Å². The minimum Gasteiger partial charge on any atom is -0.377 e. The lowest BCUT2D eigenvalue weighted by molar-refractivity contribution is -0.116. The zero-order valence-electron chi connectivity index (χ0n) is 11.5. The lowest BCUT2D eigenvalue weighted by atomic mass is 10.1. The third-order valence-corrected chi connectivity index (χ3v) is 2.51. The van der Waals surface area contributed by atoms with Crippen molar-refractivity contribution >= 4 is 24.0 Å². The zero-order chi connectivity index (χ0) is 13.4. The van der Waals surface area contributed by atoms with Crippen LogP contribution in [0.2, 0.25) is 0 Å². The maximum absolute atomic E-state index is 11.6. The number of carbonyl (C=O) groups excluding carboxylic acids is 1. The molecule has 1 rings (SSSR count). The van der Waals surface area contributed by atoms with Crippen LogP contribution < -0.4 is 11.1 Å². The van der Waals surface area contributed by atoms with Crippen LogP contribution in [-0.2, 0) is 16.1 Å². The van der Waals surface area contributed by atoms with Gasteiger partial charge in [-0.15, -0.1) is 12.4 Å². The summed E-state index contributed by atoms with van der Waals surface area (Å²) in [6, 6.07) is 7.75. The first kappa shape index (κ1) is 17.9. The summed E-state index contributed by atoms with van der Waals surface area (Å²) in [5, 5.41) is 2.86. The van der Waals surface area contributed by atoms with E-state index < -0.39 is 0 Å². The number of rotatable bonds is 7. The first-order valence-corrected chi connectivity index (χ1v) is 6.34. The Bertz CT molecular complexity index is 383. The van der Waals surface area contributed by atoms with Gasteiger partial charge >= 0.3 is 0 Å². The van der Waals surface area contributed by atoms with Crippen molar-refractivity contribution in [1.82, 2.24) is 0 Å². The Morgan fingerprint density at radius 3 is 2.84 bits per heavy atom. The van der Waals surface area contributed by atoms with Gasteiger partial charge in [-0.05, 0) is 38.0 Å². The Hall–Kier alpha value is -1.10. The SMILES string of the molecule is CCOCc1cccc(NC(=O)CCC(C)N)c1.Cl. The minimum absolute atomic E-state index is 0. The molecule has 0 saturated heterocycles. The summed E-state index contributed by atoms with van der Waals surface area (Å²) in [6.07, 6.45) is 1.15. The zero-order valence-corrected chi connectivity index (χ0v) is 12.3. The van der Waals surface area contributed by atoms with Gasteiger partial charge in [0, 0.05) is 24.8 Å². The Labute approximate surface area is 121 Å². The van der Waals surface area contributed by atoms with Crippen LogP contribution in [0.15, 0.2) is 24.3 Å². The van der Waals surface area contributed by atoms with Gasteiger partial charge in [-0.2, -0.15) is 0 Å². The molecule has 0 aliphatic rings. The summed E-state index contributed by atoms with van der Waals surface area (Å²) in [6.45, 7) is 5.11. The quantitative estimate of drug-likeness (QED) is 0.810. The van der Waals surface area contributed by atoms with Crippen LogP contribution in [0.5, 0.6) is 0 Å². The first-order valence-electron chi connectivity index (χ1n) is 6.34. The maximum Gasteiger partial charge on any atom is 0.224 e. The number of nitrogens with one attached hydrogen (secondary N) is 1. The monoisotopic (exact) mass is 286 g/mol. The average molecular weight is 287 g/mol. The van der Waals surface area contributed by atoms with Crippen LogP contribution in [0, 0.1) is 0 Å². The van der Waals surface area contributed by atoms with Crippen molar-refractivity contribution in [3.63, 3.8) is 0 Å². The summed E-state index contributed by atoms with van der Waals surface area (Å²) in [4.78, 5) is 11.6. The lowest BCUT2D eigenvalue weighted by Gasteiger charge is -2.08. The van der Waals surface area contributed by atoms with Crippen molar-refractivity contribution in [3.8, 4) is 0 Å². The van der Waals surface area contributed by atoms with Crippen LogP contribution >= 0.6 is 12.4 Å². The molecule has 1 unspecified atom stereocenters. The number of hydrogen-bond acceptors (Lipinski definition) is 3. The van der Waals surface area contributed by atoms with E-state index >= 15 is 0 Å². The topological polar surface area (TPSA) is 64.3 Å². The van der Waals surface area contributed by atoms with Gasteiger partial charge in [-0.3, -0.25) is 4.79 Å². The summed E-state index contributed by atoms with van der Waals surface area (Å²) in [5.41, 5.74) is 7.48. The van der Waals surface area contributed by atoms with Crippen molar-refractivity contribution in [1.29, 1.82) is 0 Å². The molecule has 0 aliphatic carbocycles. The van der Waals surface area contributed by atoms with Crippen LogP contribution in [0.1, 0.15) is 32.3 Å². The van der Waals surface area contributed by atoms with E-state index in [1.54, 1.807) is 0 Å². The maximum atomic E-state index is 11.6. The highest BCUT2D eigenvalue weighted by Gasteiger charge is 2.04. The molecule has 0 fully saturated rings. The van der Waals surface area contributed by atoms with Crippen molar-refractivity contribution in [2.24, 2.45) is 5.73 Å². The molecule has 1 amide bonds. The molecule has 0 heterocycles. The highest BCUT2D eigenvalue weighted by atomic mass is 35.5. The molecule has 0 bridgehead atoms. The normalized spacial score (nSPS) is 11.5. The molecule has 3 N–H and O–H groups in total. The number of anilines is 1. The fourth-order valence-electron chi connectivity index (χ4n) is 1.54. The van der Waals surface area contributed by atoms with Gasteiger partial charge in [0.25, 0.3) is 0 Å². The van der Waals surface area contributed by atoms with Gasteiger partial charge in [0.1, 0.15) is 0 Å². The molecule has 108 valence electrons. The average Bonchev–Trinajstić information content (AvgIpc) is 2.34. The van der Waals surface area contributed by atoms with E-state index in [9.17, 15) is 4.79 Å². The molecule has 1 aromatic rings. The summed E-state index contributed by atoms with van der Waals surface area (Å²) in [5.74, 6) is 0.000796. The van der Waals surface area contributed by atoms with Crippen molar-refractivity contribution in [3.05, 3.63) is 29.8 Å². The highest BCUT2D eigenvalue weighted by molar-refractivity contribution is 5.90. The molecule has 0 spiro atoms. The molecule has 0 radical (unpaired) electrons. The third-order valence-electron chi connectivity index (χ3n) is 2.51. The first-order chi connectivity index (χ1) is 8.61. The second-order valence-corrected chi connectivity index (χ2v) is 4.40. The summed E-state index contributed by atoms with van der Waals surface area (Å²) < 4.78 is 5.33. The number of halogens is 1. The fraction of sp³-hybridized carbons (Fsp3) is 0.500. The van der Waals surface area contributed by atoms with Gasteiger partial charge in [0.2, 0.25) is 5.91 Å². The van der Waals surface area contributed by atoms with Gasteiger partial charge < -0.3 is 15.8 Å². The van der Waals surface area contributed by atoms with Crippen LogP contribution in [0.3, 0.4) is 0 Å². The third kappa shape index (κ3) is 7.82. The molecule has 5 heteroatoms. The molecule has 0 aliphatic heterocycles. The number of nitrogens with two attached hydrogens (primary N) is 1. The second-order valence-electron chi connectivity index (χ2n) is 4.40. The van der Waals surface area contributed by atoms with Crippen molar-refractivity contribution in [2.75, 3.05) is 11.9 Å². The fourth-order valence-corrected chi connectivity index (χ4v) is 1.54. The van der Waals surface area contributed by atoms with E-state index in [1.807, 2.05) is 38.1 Å². The van der Waals surface area contributed by atoms with Gasteiger partial charge in [0.05, 0.1) is 6.61 Å². The van der Waals surface area contributed by atoms with E-state index in [0.717, 1.165) is 11.3 Å². The molecule has 0 saturated carbocycles. The number of amides is 1. The number of benzene rings is 1. The lowest BCUT2D eigenvalue weighted by Crippen LogP contribution is -2.19. The van der Waals surface area contributed by atoms with Crippen LogP contribution in [0.25, 0.3) is 0 Å². The molecule has 0 aromatic heterocycles.